The van der Waals surface area contributed by atoms with Gasteiger partial charge in [0.25, 0.3) is 0 Å². The molecule has 1 N–H and O–H groups in total. The predicted molar refractivity (Wildman–Crippen MR) is 69.4 cm³/mol. The third kappa shape index (κ3) is 3.37. The van der Waals surface area contributed by atoms with E-state index in [4.69, 9.17) is 16.7 Å². The quantitative estimate of drug-likeness (QED) is 0.852. The Balaban J connectivity index is 1.73. The Morgan fingerprint density at radius 1 is 1.47 bits per heavy atom. The second-order valence-corrected chi connectivity index (χ2v) is 5.53. The third-order valence-electron chi connectivity index (χ3n) is 2.63. The Kier molecular flexibility index (Phi) is 4.31. The van der Waals surface area contributed by atoms with Crippen LogP contribution in [0, 0.1) is 0 Å². The summed E-state index contributed by atoms with van der Waals surface area (Å²) in [4.78, 5) is 14.3. The van der Waals surface area contributed by atoms with E-state index in [-0.39, 0.29) is 12.0 Å². The molecule has 1 heterocycles. The summed E-state index contributed by atoms with van der Waals surface area (Å²) in [6.07, 6.45) is 0.165. The monoisotopic (exact) mass is 271 g/mol. The molecule has 3 nitrogen and oxygen atoms in total. The molecule has 0 spiro atoms. The van der Waals surface area contributed by atoms with E-state index >= 15 is 0 Å². The smallest absolute Gasteiger partial charge is 0.223 e. The van der Waals surface area contributed by atoms with Gasteiger partial charge in [-0.1, -0.05) is 23.7 Å². The molecule has 0 aromatic heterocycles. The molecule has 0 radical (unpaired) electrons. The number of β-amino-alcohol motifs (C(OH)–C–C–N with tert-alkyl or cyclic N) is 1. The topological polar surface area (TPSA) is 40.5 Å². The maximum atomic E-state index is 11.6. The van der Waals surface area contributed by atoms with E-state index in [1.165, 1.54) is 0 Å². The number of amides is 1. The number of benzene rings is 1. The van der Waals surface area contributed by atoms with E-state index in [1.54, 1.807) is 16.7 Å². The second kappa shape index (κ2) is 5.76. The number of likely N-dealkylation sites (tertiary alicyclic amines) is 1. The van der Waals surface area contributed by atoms with Gasteiger partial charge in [-0.05, 0) is 12.1 Å². The van der Waals surface area contributed by atoms with Gasteiger partial charge in [0.05, 0.1) is 11.1 Å². The average Bonchev–Trinajstić information content (AvgIpc) is 2.27. The van der Waals surface area contributed by atoms with Crippen LogP contribution in [-0.4, -0.2) is 40.9 Å². The van der Waals surface area contributed by atoms with E-state index in [1.807, 2.05) is 24.3 Å². The second-order valence-electron chi connectivity index (χ2n) is 3.98. The Morgan fingerprint density at radius 2 is 2.18 bits per heavy atom. The van der Waals surface area contributed by atoms with Crippen LogP contribution in [0.2, 0.25) is 5.02 Å². The number of halogens is 1. The first kappa shape index (κ1) is 12.7. The molecule has 92 valence electrons. The lowest BCUT2D eigenvalue weighted by atomic mass is 10.1. The Hall–Kier alpha value is -0.710. The lowest BCUT2D eigenvalue weighted by Gasteiger charge is -2.35. The van der Waals surface area contributed by atoms with Crippen LogP contribution < -0.4 is 0 Å². The van der Waals surface area contributed by atoms with E-state index in [2.05, 4.69) is 0 Å². The number of nitrogens with zero attached hydrogens (tertiary/aromatic N) is 1. The molecular formula is C12H14ClNO2S. The van der Waals surface area contributed by atoms with Gasteiger partial charge in [0.2, 0.25) is 5.91 Å². The van der Waals surface area contributed by atoms with Crippen molar-refractivity contribution in [1.82, 2.24) is 4.90 Å². The molecule has 0 saturated carbocycles. The Morgan fingerprint density at radius 3 is 2.82 bits per heavy atom. The van der Waals surface area contributed by atoms with Crippen molar-refractivity contribution in [3.63, 3.8) is 0 Å². The highest BCUT2D eigenvalue weighted by Crippen LogP contribution is 2.27. The normalized spacial score (nSPS) is 15.8. The van der Waals surface area contributed by atoms with Gasteiger partial charge in [-0.15, -0.1) is 11.8 Å². The van der Waals surface area contributed by atoms with Crippen molar-refractivity contribution in [2.24, 2.45) is 0 Å². The minimum atomic E-state index is -0.324. The minimum Gasteiger partial charge on any atom is -0.389 e. The van der Waals surface area contributed by atoms with Crippen molar-refractivity contribution in [3.8, 4) is 0 Å². The molecule has 1 saturated heterocycles. The van der Waals surface area contributed by atoms with Crippen LogP contribution in [-0.2, 0) is 4.79 Å². The first-order chi connectivity index (χ1) is 8.16. The lowest BCUT2D eigenvalue weighted by Crippen LogP contribution is -2.53. The van der Waals surface area contributed by atoms with Gasteiger partial charge in [-0.3, -0.25) is 4.79 Å². The van der Waals surface area contributed by atoms with Crippen LogP contribution in [0.3, 0.4) is 0 Å². The zero-order valence-corrected chi connectivity index (χ0v) is 10.9. The van der Waals surface area contributed by atoms with Crippen LogP contribution in [0.25, 0.3) is 0 Å². The molecule has 1 aromatic rings. The number of thioether (sulfide) groups is 1. The number of carbonyl (C=O) groups is 1. The maximum absolute atomic E-state index is 11.6. The van der Waals surface area contributed by atoms with Crippen molar-refractivity contribution in [2.45, 2.75) is 17.4 Å². The summed E-state index contributed by atoms with van der Waals surface area (Å²) in [6, 6.07) is 7.61. The Labute approximate surface area is 110 Å². The molecule has 1 aliphatic heterocycles. The molecule has 1 fully saturated rings. The maximum Gasteiger partial charge on any atom is 0.223 e. The summed E-state index contributed by atoms with van der Waals surface area (Å²) < 4.78 is 0. The number of aliphatic hydroxyl groups is 1. The summed E-state index contributed by atoms with van der Waals surface area (Å²) in [6.45, 7) is 0.963. The molecule has 1 aromatic carbocycles. The zero-order valence-electron chi connectivity index (χ0n) is 9.30. The molecule has 1 amide bonds. The molecular weight excluding hydrogens is 258 g/mol. The van der Waals surface area contributed by atoms with E-state index in [0.29, 0.717) is 19.5 Å². The summed E-state index contributed by atoms with van der Waals surface area (Å²) in [5, 5.41) is 9.82. The number of hydrogen-bond acceptors (Lipinski definition) is 3. The van der Waals surface area contributed by atoms with Gasteiger partial charge in [0, 0.05) is 30.2 Å². The first-order valence-corrected chi connectivity index (χ1v) is 6.86. The first-order valence-electron chi connectivity index (χ1n) is 5.50. The van der Waals surface area contributed by atoms with Crippen LogP contribution in [0.1, 0.15) is 6.42 Å². The van der Waals surface area contributed by atoms with Crippen molar-refractivity contribution in [1.29, 1.82) is 0 Å². The van der Waals surface area contributed by atoms with E-state index in [0.717, 1.165) is 15.7 Å². The van der Waals surface area contributed by atoms with Crippen LogP contribution >= 0.6 is 23.4 Å². The molecule has 1 aliphatic rings. The van der Waals surface area contributed by atoms with Gasteiger partial charge < -0.3 is 10.0 Å². The molecule has 0 unspecified atom stereocenters. The van der Waals surface area contributed by atoms with Gasteiger partial charge in [0.1, 0.15) is 0 Å². The van der Waals surface area contributed by atoms with Crippen molar-refractivity contribution >= 4 is 29.3 Å². The van der Waals surface area contributed by atoms with Gasteiger partial charge in [-0.2, -0.15) is 0 Å². The van der Waals surface area contributed by atoms with Crippen LogP contribution in [0.4, 0.5) is 0 Å². The van der Waals surface area contributed by atoms with Gasteiger partial charge in [-0.25, -0.2) is 0 Å². The fourth-order valence-electron chi connectivity index (χ4n) is 1.63. The van der Waals surface area contributed by atoms with Crippen molar-refractivity contribution in [2.75, 3.05) is 18.8 Å². The van der Waals surface area contributed by atoms with Crippen molar-refractivity contribution < 1.29 is 9.90 Å². The standard InChI is InChI=1S/C12H14ClNO2S/c13-10-3-1-2-4-11(10)17-6-5-12(16)14-7-9(15)8-14/h1-4,9,15H,5-8H2. The van der Waals surface area contributed by atoms with Crippen molar-refractivity contribution in [3.05, 3.63) is 29.3 Å². The highest BCUT2D eigenvalue weighted by Gasteiger charge is 2.27. The molecule has 0 aliphatic carbocycles. The largest absolute Gasteiger partial charge is 0.389 e. The molecule has 2 rings (SSSR count). The fourth-order valence-corrected chi connectivity index (χ4v) is 2.80. The molecule has 5 heteroatoms. The van der Waals surface area contributed by atoms with E-state index in [9.17, 15) is 4.79 Å². The molecule has 17 heavy (non-hydrogen) atoms. The lowest BCUT2D eigenvalue weighted by molar-refractivity contribution is -0.140. The zero-order chi connectivity index (χ0) is 12.3. The number of aliphatic hydroxyl groups excluding tert-OH is 1. The van der Waals surface area contributed by atoms with Gasteiger partial charge >= 0.3 is 0 Å². The minimum absolute atomic E-state index is 0.106. The van der Waals surface area contributed by atoms with Crippen LogP contribution in [0.5, 0.6) is 0 Å². The highest BCUT2D eigenvalue weighted by atomic mass is 35.5. The van der Waals surface area contributed by atoms with Gasteiger partial charge in [0.15, 0.2) is 0 Å². The summed E-state index contributed by atoms with van der Waals surface area (Å²) in [5.74, 6) is 0.824. The number of hydrogen-bond donors (Lipinski definition) is 1. The summed E-state index contributed by atoms with van der Waals surface area (Å²) in [7, 11) is 0. The SMILES string of the molecule is O=C(CCSc1ccccc1Cl)N1CC(O)C1. The Bertz CT molecular complexity index is 407. The average molecular weight is 272 g/mol. The summed E-state index contributed by atoms with van der Waals surface area (Å²) in [5.41, 5.74) is 0. The summed E-state index contributed by atoms with van der Waals surface area (Å²) >= 11 is 7.60. The fraction of sp³-hybridized carbons (Fsp3) is 0.417. The number of carbonyl (C=O) groups excluding carboxylic acids is 1. The van der Waals surface area contributed by atoms with E-state index < -0.39 is 0 Å². The molecule has 0 atom stereocenters. The third-order valence-corrected chi connectivity index (χ3v) is 4.14. The van der Waals surface area contributed by atoms with Crippen LogP contribution in [0.15, 0.2) is 29.2 Å². The molecule has 0 bridgehead atoms. The number of rotatable bonds is 4. The highest BCUT2D eigenvalue weighted by molar-refractivity contribution is 7.99. The predicted octanol–water partition coefficient (Wildman–Crippen LogP) is 2.03.